The number of hydrogen-bond acceptors (Lipinski definition) is 5. The summed E-state index contributed by atoms with van der Waals surface area (Å²) in [7, 11) is 0. The van der Waals surface area contributed by atoms with E-state index in [4.69, 9.17) is 0 Å². The van der Waals surface area contributed by atoms with Crippen LogP contribution >= 0.6 is 0 Å². The lowest BCUT2D eigenvalue weighted by Crippen LogP contribution is -2.49. The van der Waals surface area contributed by atoms with Gasteiger partial charge in [0.05, 0.1) is 0 Å². The molecular formula is C21H26FN5O. The van der Waals surface area contributed by atoms with Gasteiger partial charge in [-0.15, -0.1) is 0 Å². The minimum atomic E-state index is -0.383. The number of piperazine rings is 1. The minimum absolute atomic E-state index is 0.118. The monoisotopic (exact) mass is 383 g/mol. The zero-order chi connectivity index (χ0) is 19.5. The molecule has 1 amide bonds. The lowest BCUT2D eigenvalue weighted by Gasteiger charge is -2.36. The van der Waals surface area contributed by atoms with E-state index in [9.17, 15) is 9.18 Å². The topological polar surface area (TPSA) is 52.6 Å². The Labute approximate surface area is 165 Å². The first-order valence-corrected chi connectivity index (χ1v) is 10.0. The first-order chi connectivity index (χ1) is 13.6. The van der Waals surface area contributed by atoms with Crippen LogP contribution in [0.25, 0.3) is 0 Å². The molecule has 0 unspecified atom stereocenters. The second-order valence-corrected chi connectivity index (χ2v) is 7.47. The van der Waals surface area contributed by atoms with Crippen molar-refractivity contribution in [3.8, 4) is 0 Å². The molecule has 0 spiro atoms. The Morgan fingerprint density at radius 3 is 2.18 bits per heavy atom. The number of anilines is 2. The molecule has 2 saturated heterocycles. The van der Waals surface area contributed by atoms with E-state index in [1.54, 1.807) is 17.0 Å². The fraction of sp³-hybridized carbons (Fsp3) is 0.476. The van der Waals surface area contributed by atoms with Crippen molar-refractivity contribution in [3.63, 3.8) is 0 Å². The molecule has 0 N–H and O–H groups in total. The number of benzene rings is 1. The summed E-state index contributed by atoms with van der Waals surface area (Å²) in [6.07, 6.45) is 3.70. The van der Waals surface area contributed by atoms with Crippen LogP contribution in [0.3, 0.4) is 0 Å². The normalized spacial score (nSPS) is 17.7. The standard InChI is InChI=1S/C21H26FN5O/c1-16-23-19(25-8-3-2-4-9-25)15-20(24-16)26-10-12-27(13-11-26)21(28)17-6-5-7-18(22)14-17/h5-7,14-15H,2-4,8-13H2,1H3. The highest BCUT2D eigenvalue weighted by Gasteiger charge is 2.24. The second-order valence-electron chi connectivity index (χ2n) is 7.47. The molecule has 1 aromatic carbocycles. The van der Waals surface area contributed by atoms with Gasteiger partial charge >= 0.3 is 0 Å². The molecule has 28 heavy (non-hydrogen) atoms. The highest BCUT2D eigenvalue weighted by molar-refractivity contribution is 5.94. The Balaban J connectivity index is 1.43. The van der Waals surface area contributed by atoms with Crippen LogP contribution in [-0.2, 0) is 0 Å². The van der Waals surface area contributed by atoms with Gasteiger partial charge in [-0.25, -0.2) is 14.4 Å². The van der Waals surface area contributed by atoms with E-state index in [1.165, 1.54) is 31.4 Å². The van der Waals surface area contributed by atoms with Crippen molar-refractivity contribution < 1.29 is 9.18 Å². The van der Waals surface area contributed by atoms with Gasteiger partial charge in [0.25, 0.3) is 5.91 Å². The molecule has 2 aliphatic heterocycles. The van der Waals surface area contributed by atoms with Crippen LogP contribution in [-0.4, -0.2) is 60.0 Å². The van der Waals surface area contributed by atoms with Crippen molar-refractivity contribution in [1.29, 1.82) is 0 Å². The third kappa shape index (κ3) is 4.08. The van der Waals surface area contributed by atoms with Crippen LogP contribution in [0.1, 0.15) is 35.4 Å². The van der Waals surface area contributed by atoms with Crippen LogP contribution in [0.15, 0.2) is 30.3 Å². The molecule has 0 radical (unpaired) electrons. The van der Waals surface area contributed by atoms with Crippen molar-refractivity contribution in [2.45, 2.75) is 26.2 Å². The van der Waals surface area contributed by atoms with Gasteiger partial charge in [-0.1, -0.05) is 6.07 Å². The SMILES string of the molecule is Cc1nc(N2CCCCC2)cc(N2CCN(C(=O)c3cccc(F)c3)CC2)n1. The van der Waals surface area contributed by atoms with Crippen molar-refractivity contribution in [1.82, 2.24) is 14.9 Å². The molecule has 4 rings (SSSR count). The molecule has 2 aliphatic rings. The van der Waals surface area contributed by atoms with Crippen LogP contribution in [0, 0.1) is 12.7 Å². The number of piperidine rings is 1. The lowest BCUT2D eigenvalue weighted by molar-refractivity contribution is 0.0746. The maximum Gasteiger partial charge on any atom is 0.254 e. The number of rotatable bonds is 3. The van der Waals surface area contributed by atoms with Gasteiger partial charge in [0.15, 0.2) is 0 Å². The van der Waals surface area contributed by atoms with Gasteiger partial charge in [0, 0.05) is 50.9 Å². The number of amides is 1. The summed E-state index contributed by atoms with van der Waals surface area (Å²) in [4.78, 5) is 28.2. The van der Waals surface area contributed by atoms with Crippen LogP contribution in [0.2, 0.25) is 0 Å². The molecular weight excluding hydrogens is 357 g/mol. The molecule has 3 heterocycles. The van der Waals surface area contributed by atoms with Gasteiger partial charge in [0.2, 0.25) is 0 Å². The Kier molecular flexibility index (Phi) is 5.41. The van der Waals surface area contributed by atoms with E-state index in [-0.39, 0.29) is 11.7 Å². The highest BCUT2D eigenvalue weighted by Crippen LogP contribution is 2.23. The van der Waals surface area contributed by atoms with Crippen molar-refractivity contribution >= 4 is 17.5 Å². The zero-order valence-corrected chi connectivity index (χ0v) is 16.3. The first-order valence-electron chi connectivity index (χ1n) is 10.0. The Bertz CT molecular complexity index is 844. The quantitative estimate of drug-likeness (QED) is 0.816. The molecule has 2 aromatic rings. The van der Waals surface area contributed by atoms with Crippen LogP contribution in [0.5, 0.6) is 0 Å². The van der Waals surface area contributed by atoms with E-state index in [0.29, 0.717) is 31.7 Å². The number of halogens is 1. The molecule has 0 bridgehead atoms. The largest absolute Gasteiger partial charge is 0.356 e. The summed E-state index contributed by atoms with van der Waals surface area (Å²) < 4.78 is 13.4. The smallest absolute Gasteiger partial charge is 0.254 e. The predicted molar refractivity (Wildman–Crippen MR) is 107 cm³/mol. The summed E-state index contributed by atoms with van der Waals surface area (Å²) in [5, 5.41) is 0. The third-order valence-electron chi connectivity index (χ3n) is 5.45. The van der Waals surface area contributed by atoms with E-state index in [0.717, 1.165) is 30.5 Å². The average molecular weight is 383 g/mol. The fourth-order valence-corrected chi connectivity index (χ4v) is 3.93. The maximum absolute atomic E-state index is 13.4. The number of aromatic nitrogens is 2. The average Bonchev–Trinajstić information content (AvgIpc) is 2.73. The molecule has 0 aliphatic carbocycles. The Morgan fingerprint density at radius 1 is 0.893 bits per heavy atom. The van der Waals surface area contributed by atoms with Gasteiger partial charge in [-0.2, -0.15) is 0 Å². The van der Waals surface area contributed by atoms with E-state index >= 15 is 0 Å². The minimum Gasteiger partial charge on any atom is -0.356 e. The zero-order valence-electron chi connectivity index (χ0n) is 16.3. The highest BCUT2D eigenvalue weighted by atomic mass is 19.1. The van der Waals surface area contributed by atoms with Crippen LogP contribution in [0.4, 0.5) is 16.0 Å². The van der Waals surface area contributed by atoms with Gasteiger partial charge in [-0.05, 0) is 44.4 Å². The van der Waals surface area contributed by atoms with Crippen molar-refractivity contribution in [2.24, 2.45) is 0 Å². The van der Waals surface area contributed by atoms with Gasteiger partial charge in [-0.3, -0.25) is 4.79 Å². The van der Waals surface area contributed by atoms with E-state index in [1.807, 2.05) is 6.92 Å². The van der Waals surface area contributed by atoms with Crippen molar-refractivity contribution in [2.75, 3.05) is 49.1 Å². The number of carbonyl (C=O) groups is 1. The van der Waals surface area contributed by atoms with Gasteiger partial charge in [0.1, 0.15) is 23.3 Å². The Hall–Kier alpha value is -2.70. The molecule has 0 atom stereocenters. The molecule has 0 saturated carbocycles. The van der Waals surface area contributed by atoms with Crippen LogP contribution < -0.4 is 9.80 Å². The summed E-state index contributed by atoms with van der Waals surface area (Å²) in [5.41, 5.74) is 0.402. The van der Waals surface area contributed by atoms with E-state index < -0.39 is 0 Å². The molecule has 6 nitrogen and oxygen atoms in total. The number of carbonyl (C=O) groups excluding carboxylic acids is 1. The lowest BCUT2D eigenvalue weighted by atomic mass is 10.1. The summed E-state index contributed by atoms with van der Waals surface area (Å²) in [6, 6.07) is 7.96. The third-order valence-corrected chi connectivity index (χ3v) is 5.45. The summed E-state index contributed by atoms with van der Waals surface area (Å²) in [6.45, 7) is 6.63. The molecule has 148 valence electrons. The first kappa shape index (κ1) is 18.7. The number of aryl methyl sites for hydroxylation is 1. The van der Waals surface area contributed by atoms with Gasteiger partial charge < -0.3 is 14.7 Å². The van der Waals surface area contributed by atoms with E-state index in [2.05, 4.69) is 25.8 Å². The molecule has 1 aromatic heterocycles. The molecule has 7 heteroatoms. The Morgan fingerprint density at radius 2 is 1.54 bits per heavy atom. The molecule has 2 fully saturated rings. The summed E-state index contributed by atoms with van der Waals surface area (Å²) in [5.74, 6) is 2.20. The maximum atomic E-state index is 13.4. The van der Waals surface area contributed by atoms with Crippen molar-refractivity contribution in [3.05, 3.63) is 47.5 Å². The predicted octanol–water partition coefficient (Wildman–Crippen LogP) is 2.88. The number of nitrogens with zero attached hydrogens (tertiary/aromatic N) is 5. The second kappa shape index (κ2) is 8.12. The summed E-state index contributed by atoms with van der Waals surface area (Å²) >= 11 is 0. The fourth-order valence-electron chi connectivity index (χ4n) is 3.93. The number of hydrogen-bond donors (Lipinski definition) is 0.